The first kappa shape index (κ1) is 24.1. The molecule has 0 unspecified atom stereocenters. The van der Waals surface area contributed by atoms with Gasteiger partial charge in [-0.15, -0.1) is 0 Å². The van der Waals surface area contributed by atoms with E-state index in [1.54, 1.807) is 0 Å². The number of oxazole rings is 1. The van der Waals surface area contributed by atoms with E-state index in [1.165, 1.54) is 17.4 Å². The predicted octanol–water partition coefficient (Wildman–Crippen LogP) is 4.83. The molecule has 5 rings (SSSR count). The number of carbonyl (C=O) groups excluding carboxylic acids is 2. The van der Waals surface area contributed by atoms with Crippen LogP contribution in [0.1, 0.15) is 71.4 Å². The molecule has 1 aromatic heterocycles. The lowest BCUT2D eigenvalue weighted by Crippen LogP contribution is -2.41. The molecule has 1 N–H and O–H groups in total. The Labute approximate surface area is 211 Å². The normalized spacial score (nSPS) is 17.1. The summed E-state index contributed by atoms with van der Waals surface area (Å²) >= 11 is 0. The maximum absolute atomic E-state index is 13.2. The van der Waals surface area contributed by atoms with Crippen molar-refractivity contribution in [3.63, 3.8) is 0 Å². The molecule has 36 heavy (non-hydrogen) atoms. The van der Waals surface area contributed by atoms with Gasteiger partial charge in [0.1, 0.15) is 12.0 Å². The SMILES string of the molecule is Cc1ccc([C@H]2c3cc(OCc4nc(C(=O)NCC(C)C)co4)ccc3CCN2C(=O)C2CC2)cc1. The van der Waals surface area contributed by atoms with E-state index in [-0.39, 0.29) is 36.1 Å². The number of nitrogens with one attached hydrogen (secondary N) is 1. The summed E-state index contributed by atoms with van der Waals surface area (Å²) < 4.78 is 11.5. The first-order chi connectivity index (χ1) is 17.4. The van der Waals surface area contributed by atoms with E-state index in [0.29, 0.717) is 24.1 Å². The van der Waals surface area contributed by atoms with Crippen LogP contribution in [0.15, 0.2) is 53.1 Å². The van der Waals surface area contributed by atoms with Crippen molar-refractivity contribution in [2.75, 3.05) is 13.1 Å². The van der Waals surface area contributed by atoms with Gasteiger partial charge in [-0.1, -0.05) is 49.7 Å². The summed E-state index contributed by atoms with van der Waals surface area (Å²) in [7, 11) is 0. The number of carbonyl (C=O) groups is 2. The standard InChI is InChI=1S/C29H33N3O4/c1-18(2)15-30-28(33)25-16-36-26(31-25)17-35-23-11-10-20-12-13-32(29(34)22-8-9-22)27(24(20)14-23)21-6-4-19(3)5-7-21/h4-7,10-11,14,16,18,22,27H,8-9,12-13,15,17H2,1-3H3,(H,30,33)/t27-/m0/s1. The molecule has 7 nitrogen and oxygen atoms in total. The zero-order chi connectivity index (χ0) is 25.2. The van der Waals surface area contributed by atoms with E-state index in [9.17, 15) is 9.59 Å². The monoisotopic (exact) mass is 487 g/mol. The van der Waals surface area contributed by atoms with Crippen molar-refractivity contribution >= 4 is 11.8 Å². The van der Waals surface area contributed by atoms with Crippen LogP contribution in [0.4, 0.5) is 0 Å². The van der Waals surface area contributed by atoms with Crippen LogP contribution in [0.5, 0.6) is 5.75 Å². The number of benzene rings is 2. The highest BCUT2D eigenvalue weighted by Crippen LogP contribution is 2.41. The van der Waals surface area contributed by atoms with E-state index in [1.807, 2.05) is 30.9 Å². The molecule has 3 aromatic rings. The summed E-state index contributed by atoms with van der Waals surface area (Å²) in [4.78, 5) is 31.7. The van der Waals surface area contributed by atoms with Gasteiger partial charge in [0.05, 0.1) is 6.04 Å². The topological polar surface area (TPSA) is 84.7 Å². The number of amides is 2. The van der Waals surface area contributed by atoms with Crippen LogP contribution in [-0.4, -0.2) is 34.8 Å². The molecular weight excluding hydrogens is 454 g/mol. The van der Waals surface area contributed by atoms with Gasteiger partial charge >= 0.3 is 0 Å². The van der Waals surface area contributed by atoms with Gasteiger partial charge in [-0.25, -0.2) is 4.98 Å². The third-order valence-electron chi connectivity index (χ3n) is 6.77. The number of ether oxygens (including phenoxy) is 1. The maximum atomic E-state index is 13.2. The third-order valence-corrected chi connectivity index (χ3v) is 6.77. The Kier molecular flexibility index (Phi) is 6.81. The highest BCUT2D eigenvalue weighted by Gasteiger charge is 2.39. The third kappa shape index (κ3) is 5.30. The van der Waals surface area contributed by atoms with Crippen molar-refractivity contribution in [3.05, 3.63) is 82.6 Å². The number of hydrogen-bond acceptors (Lipinski definition) is 5. The van der Waals surface area contributed by atoms with Crippen LogP contribution in [0, 0.1) is 18.8 Å². The molecule has 2 aliphatic rings. The van der Waals surface area contributed by atoms with Gasteiger partial charge in [-0.3, -0.25) is 9.59 Å². The Bertz CT molecular complexity index is 1240. The maximum Gasteiger partial charge on any atom is 0.273 e. The van der Waals surface area contributed by atoms with Crippen LogP contribution < -0.4 is 10.1 Å². The predicted molar refractivity (Wildman–Crippen MR) is 136 cm³/mol. The minimum Gasteiger partial charge on any atom is -0.484 e. The van der Waals surface area contributed by atoms with Gasteiger partial charge in [-0.2, -0.15) is 0 Å². The average Bonchev–Trinajstić information content (AvgIpc) is 3.62. The zero-order valence-electron chi connectivity index (χ0n) is 21.1. The molecule has 1 aliphatic carbocycles. The minimum atomic E-state index is -0.256. The number of fused-ring (bicyclic) bond motifs is 1. The smallest absolute Gasteiger partial charge is 0.273 e. The lowest BCUT2D eigenvalue weighted by molar-refractivity contribution is -0.134. The van der Waals surface area contributed by atoms with Crippen molar-refractivity contribution in [2.24, 2.45) is 11.8 Å². The van der Waals surface area contributed by atoms with E-state index >= 15 is 0 Å². The van der Waals surface area contributed by atoms with Crippen LogP contribution in [-0.2, 0) is 17.8 Å². The molecule has 0 bridgehead atoms. The van der Waals surface area contributed by atoms with Gasteiger partial charge in [0, 0.05) is 19.0 Å². The second kappa shape index (κ2) is 10.2. The van der Waals surface area contributed by atoms with Gasteiger partial charge in [-0.05, 0) is 60.9 Å². The molecule has 2 aromatic carbocycles. The van der Waals surface area contributed by atoms with Crippen molar-refractivity contribution in [1.29, 1.82) is 0 Å². The number of rotatable bonds is 8. The fourth-order valence-electron chi connectivity index (χ4n) is 4.61. The Morgan fingerprint density at radius 1 is 1.17 bits per heavy atom. The number of nitrogens with zero attached hydrogens (tertiary/aromatic N) is 2. The Morgan fingerprint density at radius 2 is 1.94 bits per heavy atom. The molecule has 1 saturated carbocycles. The van der Waals surface area contributed by atoms with Gasteiger partial charge in [0.25, 0.3) is 5.91 Å². The molecule has 0 radical (unpaired) electrons. The summed E-state index contributed by atoms with van der Waals surface area (Å²) in [6.45, 7) is 7.54. The number of aryl methyl sites for hydroxylation is 1. The van der Waals surface area contributed by atoms with Crippen molar-refractivity contribution in [1.82, 2.24) is 15.2 Å². The largest absolute Gasteiger partial charge is 0.484 e. The van der Waals surface area contributed by atoms with Crippen LogP contribution in [0.2, 0.25) is 0 Å². The molecule has 1 atom stereocenters. The molecule has 1 fully saturated rings. The number of aromatic nitrogens is 1. The Balaban J connectivity index is 1.35. The van der Waals surface area contributed by atoms with Gasteiger partial charge in [0.15, 0.2) is 12.3 Å². The lowest BCUT2D eigenvalue weighted by atomic mass is 9.87. The fourth-order valence-corrected chi connectivity index (χ4v) is 4.61. The molecule has 188 valence electrons. The quantitative estimate of drug-likeness (QED) is 0.492. The molecule has 2 amide bonds. The summed E-state index contributed by atoms with van der Waals surface area (Å²) in [6, 6.07) is 14.4. The van der Waals surface area contributed by atoms with E-state index in [0.717, 1.165) is 36.9 Å². The average molecular weight is 488 g/mol. The van der Waals surface area contributed by atoms with Crippen LogP contribution >= 0.6 is 0 Å². The molecule has 7 heteroatoms. The van der Waals surface area contributed by atoms with E-state index < -0.39 is 0 Å². The second-order valence-electron chi connectivity index (χ2n) is 10.2. The van der Waals surface area contributed by atoms with Crippen molar-refractivity contribution in [2.45, 2.75) is 52.7 Å². The number of hydrogen-bond donors (Lipinski definition) is 1. The molecular formula is C29H33N3O4. The minimum absolute atomic E-state index is 0.107. The molecule has 0 saturated heterocycles. The van der Waals surface area contributed by atoms with Crippen molar-refractivity contribution < 1.29 is 18.7 Å². The summed E-state index contributed by atoms with van der Waals surface area (Å²) in [5.41, 5.74) is 4.87. The molecule has 2 heterocycles. The highest BCUT2D eigenvalue weighted by atomic mass is 16.5. The van der Waals surface area contributed by atoms with E-state index in [4.69, 9.17) is 9.15 Å². The summed E-state index contributed by atoms with van der Waals surface area (Å²) in [5.74, 6) is 1.52. The first-order valence-electron chi connectivity index (χ1n) is 12.7. The summed E-state index contributed by atoms with van der Waals surface area (Å²) in [6.07, 6.45) is 4.15. The molecule has 1 aliphatic heterocycles. The fraction of sp³-hybridized carbons (Fsp3) is 0.414. The molecule has 0 spiro atoms. The van der Waals surface area contributed by atoms with E-state index in [2.05, 4.69) is 47.6 Å². The van der Waals surface area contributed by atoms with Crippen molar-refractivity contribution in [3.8, 4) is 5.75 Å². The first-order valence-corrected chi connectivity index (χ1v) is 12.7. The van der Waals surface area contributed by atoms with Gasteiger partial charge < -0.3 is 19.4 Å². The van der Waals surface area contributed by atoms with Crippen LogP contribution in [0.3, 0.4) is 0 Å². The zero-order valence-corrected chi connectivity index (χ0v) is 21.1. The highest BCUT2D eigenvalue weighted by molar-refractivity contribution is 5.91. The lowest BCUT2D eigenvalue weighted by Gasteiger charge is -2.38. The van der Waals surface area contributed by atoms with Gasteiger partial charge in [0.2, 0.25) is 11.8 Å². The Hall–Kier alpha value is -3.61. The Morgan fingerprint density at radius 3 is 2.67 bits per heavy atom. The second-order valence-corrected chi connectivity index (χ2v) is 10.2. The van der Waals surface area contributed by atoms with Crippen LogP contribution in [0.25, 0.3) is 0 Å². The summed E-state index contributed by atoms with van der Waals surface area (Å²) in [5, 5.41) is 2.83.